The molecule has 0 spiro atoms. The average Bonchev–Trinajstić information content (AvgIpc) is 2.96. The Morgan fingerprint density at radius 3 is 2.74 bits per heavy atom. The Bertz CT molecular complexity index is 817. The maximum atomic E-state index is 12.1. The van der Waals surface area contributed by atoms with Crippen molar-refractivity contribution < 1.29 is 4.79 Å². The van der Waals surface area contributed by atoms with Crippen LogP contribution in [0.5, 0.6) is 0 Å². The summed E-state index contributed by atoms with van der Waals surface area (Å²) in [5.74, 6) is -0.247. The number of carbonyl (C=O) groups excluding carboxylic acids is 1. The second kappa shape index (κ2) is 7.17. The molecule has 2 N–H and O–H groups in total. The van der Waals surface area contributed by atoms with Gasteiger partial charge in [0.2, 0.25) is 0 Å². The van der Waals surface area contributed by atoms with Gasteiger partial charge in [0, 0.05) is 13.1 Å². The second-order valence-corrected chi connectivity index (χ2v) is 6.59. The van der Waals surface area contributed by atoms with Gasteiger partial charge < -0.3 is 10.6 Å². The lowest BCUT2D eigenvalue weighted by atomic mass is 10.2. The smallest absolute Gasteiger partial charge is 0.252 e. The molecule has 0 atom stereocenters. The van der Waals surface area contributed by atoms with E-state index in [0.717, 1.165) is 15.3 Å². The number of nitrogens with one attached hydrogen (secondary N) is 2. The highest BCUT2D eigenvalue weighted by Crippen LogP contribution is 2.26. The number of rotatable bonds is 5. The van der Waals surface area contributed by atoms with Gasteiger partial charge in [0.15, 0.2) is 5.13 Å². The molecule has 0 radical (unpaired) electrons. The van der Waals surface area contributed by atoms with Crippen molar-refractivity contribution in [2.24, 2.45) is 0 Å². The topological polar surface area (TPSA) is 54.0 Å². The molecule has 3 aromatic rings. The van der Waals surface area contributed by atoms with E-state index < -0.39 is 0 Å². The standard InChI is InChI=1S/C16H13Cl2N3OS/c17-11-5-3-4-10(14(11)18)15(22)19-8-9-20-16-21-12-6-1-2-7-13(12)23-16/h1-7H,8-9H2,(H,19,22)(H,20,21). The first-order chi connectivity index (χ1) is 11.1. The summed E-state index contributed by atoms with van der Waals surface area (Å²) in [4.78, 5) is 16.5. The number of halogens is 2. The fourth-order valence-electron chi connectivity index (χ4n) is 2.07. The van der Waals surface area contributed by atoms with Crippen molar-refractivity contribution in [1.82, 2.24) is 10.3 Å². The quantitative estimate of drug-likeness (QED) is 0.656. The van der Waals surface area contributed by atoms with Crippen LogP contribution >= 0.6 is 34.5 Å². The molecule has 0 bridgehead atoms. The monoisotopic (exact) mass is 365 g/mol. The molecule has 118 valence electrons. The normalized spacial score (nSPS) is 10.7. The number of aromatic nitrogens is 1. The zero-order chi connectivity index (χ0) is 16.2. The third-order valence-corrected chi connectivity index (χ3v) is 4.99. The highest BCUT2D eigenvalue weighted by molar-refractivity contribution is 7.22. The van der Waals surface area contributed by atoms with E-state index in [1.165, 1.54) is 0 Å². The fourth-order valence-corrected chi connectivity index (χ4v) is 3.35. The maximum Gasteiger partial charge on any atom is 0.252 e. The van der Waals surface area contributed by atoms with E-state index >= 15 is 0 Å². The van der Waals surface area contributed by atoms with E-state index in [1.807, 2.05) is 24.3 Å². The molecule has 0 aliphatic carbocycles. The van der Waals surface area contributed by atoms with Gasteiger partial charge in [-0.1, -0.05) is 52.7 Å². The Morgan fingerprint density at radius 2 is 1.91 bits per heavy atom. The molecule has 0 aliphatic rings. The first kappa shape index (κ1) is 16.1. The summed E-state index contributed by atoms with van der Waals surface area (Å²) in [7, 11) is 0. The number of para-hydroxylation sites is 1. The molecular formula is C16H13Cl2N3OS. The number of fused-ring (bicyclic) bond motifs is 1. The second-order valence-electron chi connectivity index (χ2n) is 4.77. The molecule has 0 saturated carbocycles. The SMILES string of the molecule is O=C(NCCNc1nc2ccccc2s1)c1cccc(Cl)c1Cl. The van der Waals surface area contributed by atoms with Crippen LogP contribution in [-0.4, -0.2) is 24.0 Å². The van der Waals surface area contributed by atoms with Crippen molar-refractivity contribution in [2.75, 3.05) is 18.4 Å². The third kappa shape index (κ3) is 3.75. The Balaban J connectivity index is 1.53. The Kier molecular flexibility index (Phi) is 5.00. The molecule has 2 aromatic carbocycles. The minimum atomic E-state index is -0.247. The number of benzene rings is 2. The van der Waals surface area contributed by atoms with Gasteiger partial charge in [0.25, 0.3) is 5.91 Å². The van der Waals surface area contributed by atoms with Crippen LogP contribution in [0.3, 0.4) is 0 Å². The summed E-state index contributed by atoms with van der Waals surface area (Å²) in [5, 5.41) is 7.48. The Labute approximate surface area is 147 Å². The van der Waals surface area contributed by atoms with Crippen LogP contribution < -0.4 is 10.6 Å². The number of carbonyl (C=O) groups is 1. The summed E-state index contributed by atoms with van der Waals surface area (Å²) in [5.41, 5.74) is 1.34. The van der Waals surface area contributed by atoms with Gasteiger partial charge in [-0.25, -0.2) is 4.98 Å². The molecule has 23 heavy (non-hydrogen) atoms. The lowest BCUT2D eigenvalue weighted by Crippen LogP contribution is -2.29. The summed E-state index contributed by atoms with van der Waals surface area (Å²) >= 11 is 13.5. The van der Waals surface area contributed by atoms with Crippen molar-refractivity contribution in [2.45, 2.75) is 0 Å². The van der Waals surface area contributed by atoms with Crippen LogP contribution in [-0.2, 0) is 0 Å². The van der Waals surface area contributed by atoms with Gasteiger partial charge in [-0.3, -0.25) is 4.79 Å². The molecule has 1 heterocycles. The Morgan fingerprint density at radius 1 is 1.09 bits per heavy atom. The number of hydrogen-bond acceptors (Lipinski definition) is 4. The van der Waals surface area contributed by atoms with Crippen molar-refractivity contribution in [1.29, 1.82) is 0 Å². The molecule has 4 nitrogen and oxygen atoms in total. The minimum Gasteiger partial charge on any atom is -0.360 e. The van der Waals surface area contributed by atoms with Crippen LogP contribution in [0.15, 0.2) is 42.5 Å². The maximum absolute atomic E-state index is 12.1. The van der Waals surface area contributed by atoms with Crippen LogP contribution in [0.4, 0.5) is 5.13 Å². The predicted octanol–water partition coefficient (Wildman–Crippen LogP) is 4.45. The van der Waals surface area contributed by atoms with Crippen molar-refractivity contribution in [3.05, 3.63) is 58.1 Å². The van der Waals surface area contributed by atoms with Crippen LogP contribution in [0.1, 0.15) is 10.4 Å². The highest BCUT2D eigenvalue weighted by Gasteiger charge is 2.11. The molecule has 1 aromatic heterocycles. The number of nitrogens with zero attached hydrogens (tertiary/aromatic N) is 1. The van der Waals surface area contributed by atoms with Crippen LogP contribution in [0, 0.1) is 0 Å². The van der Waals surface area contributed by atoms with Gasteiger partial charge in [0.05, 0.1) is 25.8 Å². The largest absolute Gasteiger partial charge is 0.360 e. The van der Waals surface area contributed by atoms with E-state index in [2.05, 4.69) is 15.6 Å². The molecule has 7 heteroatoms. The molecule has 0 unspecified atom stereocenters. The van der Waals surface area contributed by atoms with E-state index in [9.17, 15) is 4.79 Å². The van der Waals surface area contributed by atoms with Gasteiger partial charge in [0.1, 0.15) is 0 Å². The number of amides is 1. The summed E-state index contributed by atoms with van der Waals surface area (Å²) in [6.45, 7) is 1.03. The van der Waals surface area contributed by atoms with E-state index in [0.29, 0.717) is 23.7 Å². The molecule has 1 amide bonds. The highest BCUT2D eigenvalue weighted by atomic mass is 35.5. The van der Waals surface area contributed by atoms with Crippen molar-refractivity contribution in [3.8, 4) is 0 Å². The van der Waals surface area contributed by atoms with Crippen molar-refractivity contribution >= 4 is 55.8 Å². The van der Waals surface area contributed by atoms with Gasteiger partial charge in [-0.15, -0.1) is 0 Å². The number of anilines is 1. The Hall–Kier alpha value is -1.82. The first-order valence-electron chi connectivity index (χ1n) is 6.97. The van der Waals surface area contributed by atoms with Gasteiger partial charge in [-0.05, 0) is 24.3 Å². The third-order valence-electron chi connectivity index (χ3n) is 3.18. The number of hydrogen-bond donors (Lipinski definition) is 2. The van der Waals surface area contributed by atoms with Crippen LogP contribution in [0.25, 0.3) is 10.2 Å². The molecule has 0 saturated heterocycles. The lowest BCUT2D eigenvalue weighted by molar-refractivity contribution is 0.0955. The van der Waals surface area contributed by atoms with E-state index in [4.69, 9.17) is 23.2 Å². The molecule has 0 aliphatic heterocycles. The average molecular weight is 366 g/mol. The minimum absolute atomic E-state index is 0.247. The lowest BCUT2D eigenvalue weighted by Gasteiger charge is -2.08. The summed E-state index contributed by atoms with van der Waals surface area (Å²) in [6.07, 6.45) is 0. The molecule has 0 fully saturated rings. The van der Waals surface area contributed by atoms with E-state index in [-0.39, 0.29) is 10.9 Å². The summed E-state index contributed by atoms with van der Waals surface area (Å²) < 4.78 is 1.13. The fraction of sp³-hybridized carbons (Fsp3) is 0.125. The zero-order valence-corrected chi connectivity index (χ0v) is 14.3. The van der Waals surface area contributed by atoms with Crippen molar-refractivity contribution in [3.63, 3.8) is 0 Å². The zero-order valence-electron chi connectivity index (χ0n) is 12.0. The number of thiazole rings is 1. The predicted molar refractivity (Wildman–Crippen MR) is 96.9 cm³/mol. The summed E-state index contributed by atoms with van der Waals surface area (Å²) in [6, 6.07) is 12.9. The van der Waals surface area contributed by atoms with Crippen LogP contribution in [0.2, 0.25) is 10.0 Å². The molecule has 3 rings (SSSR count). The first-order valence-corrected chi connectivity index (χ1v) is 8.54. The van der Waals surface area contributed by atoms with Gasteiger partial charge in [-0.2, -0.15) is 0 Å². The van der Waals surface area contributed by atoms with E-state index in [1.54, 1.807) is 29.5 Å². The molecular weight excluding hydrogens is 353 g/mol. The van der Waals surface area contributed by atoms with Gasteiger partial charge >= 0.3 is 0 Å².